The van der Waals surface area contributed by atoms with Gasteiger partial charge < -0.3 is 9.67 Å². The Hall–Kier alpha value is -2.95. The number of aromatic nitrogens is 2. The number of aryl methyl sites for hydroxylation is 1. The molecule has 0 saturated carbocycles. The van der Waals surface area contributed by atoms with Crippen molar-refractivity contribution < 1.29 is 9.90 Å². The summed E-state index contributed by atoms with van der Waals surface area (Å²) in [7, 11) is 0. The van der Waals surface area contributed by atoms with Gasteiger partial charge >= 0.3 is 5.97 Å². The lowest BCUT2D eigenvalue weighted by Gasteiger charge is -2.11. The summed E-state index contributed by atoms with van der Waals surface area (Å²) in [5, 5.41) is 9.08. The van der Waals surface area contributed by atoms with Gasteiger partial charge in [-0.3, -0.25) is 4.79 Å². The Balaban J connectivity index is 2.21. The summed E-state index contributed by atoms with van der Waals surface area (Å²) in [6.07, 6.45) is 0. The molecule has 0 aliphatic rings. The van der Waals surface area contributed by atoms with E-state index in [0.29, 0.717) is 23.3 Å². The molecule has 0 fully saturated rings. The Bertz CT molecular complexity index is 914. The van der Waals surface area contributed by atoms with Gasteiger partial charge in [-0.15, -0.1) is 0 Å². The fourth-order valence-electron chi connectivity index (χ4n) is 2.43. The molecule has 5 heteroatoms. The SMILES string of the molecule is Cc1nc2cc(C(=O)O)ccc2n(Cc2ccccc2)c1=O. The number of fused-ring (bicyclic) bond motifs is 1. The van der Waals surface area contributed by atoms with Crippen molar-refractivity contribution in [2.75, 3.05) is 0 Å². The Morgan fingerprint density at radius 2 is 1.91 bits per heavy atom. The molecule has 1 heterocycles. The Morgan fingerprint density at radius 1 is 1.18 bits per heavy atom. The van der Waals surface area contributed by atoms with Crippen LogP contribution in [0.15, 0.2) is 53.3 Å². The zero-order valence-electron chi connectivity index (χ0n) is 12.0. The molecule has 5 nitrogen and oxygen atoms in total. The highest BCUT2D eigenvalue weighted by Crippen LogP contribution is 2.15. The molecule has 0 bridgehead atoms. The van der Waals surface area contributed by atoms with Crippen LogP contribution in [0.4, 0.5) is 0 Å². The molecule has 3 aromatic rings. The maximum Gasteiger partial charge on any atom is 0.335 e. The number of rotatable bonds is 3. The highest BCUT2D eigenvalue weighted by atomic mass is 16.4. The van der Waals surface area contributed by atoms with Crippen LogP contribution in [0.2, 0.25) is 0 Å². The van der Waals surface area contributed by atoms with E-state index < -0.39 is 5.97 Å². The molecule has 22 heavy (non-hydrogen) atoms. The largest absolute Gasteiger partial charge is 0.478 e. The van der Waals surface area contributed by atoms with Crippen molar-refractivity contribution in [2.45, 2.75) is 13.5 Å². The molecule has 0 unspecified atom stereocenters. The molecule has 0 spiro atoms. The number of carbonyl (C=O) groups is 1. The van der Waals surface area contributed by atoms with Gasteiger partial charge in [0.15, 0.2) is 0 Å². The van der Waals surface area contributed by atoms with Crippen LogP contribution in [0, 0.1) is 6.92 Å². The van der Waals surface area contributed by atoms with E-state index in [9.17, 15) is 9.59 Å². The second-order valence-electron chi connectivity index (χ2n) is 5.08. The zero-order valence-corrected chi connectivity index (χ0v) is 12.0. The van der Waals surface area contributed by atoms with Crippen molar-refractivity contribution in [3.63, 3.8) is 0 Å². The Morgan fingerprint density at radius 3 is 2.59 bits per heavy atom. The average Bonchev–Trinajstić information content (AvgIpc) is 2.52. The molecule has 2 aromatic carbocycles. The third-order valence-electron chi connectivity index (χ3n) is 3.54. The van der Waals surface area contributed by atoms with Crippen LogP contribution >= 0.6 is 0 Å². The van der Waals surface area contributed by atoms with E-state index in [-0.39, 0.29) is 11.1 Å². The van der Waals surface area contributed by atoms with E-state index in [1.54, 1.807) is 17.6 Å². The van der Waals surface area contributed by atoms with Crippen LogP contribution in [0.25, 0.3) is 11.0 Å². The summed E-state index contributed by atoms with van der Waals surface area (Å²) in [4.78, 5) is 27.7. The average molecular weight is 294 g/mol. The van der Waals surface area contributed by atoms with E-state index in [1.165, 1.54) is 12.1 Å². The molecule has 0 aliphatic carbocycles. The summed E-state index contributed by atoms with van der Waals surface area (Å²) in [6, 6.07) is 14.3. The predicted molar refractivity (Wildman–Crippen MR) is 83.2 cm³/mol. The third-order valence-corrected chi connectivity index (χ3v) is 3.54. The Labute approximate surface area is 126 Å². The van der Waals surface area contributed by atoms with Crippen molar-refractivity contribution in [1.82, 2.24) is 9.55 Å². The second kappa shape index (κ2) is 5.44. The third kappa shape index (κ3) is 2.48. The lowest BCUT2D eigenvalue weighted by Crippen LogP contribution is -2.24. The standard InChI is InChI=1S/C17H14N2O3/c1-11-16(20)19(10-12-5-3-2-4-6-12)15-8-7-13(17(21)22)9-14(15)18-11/h2-9H,10H2,1H3,(H,21,22). The van der Waals surface area contributed by atoms with Crippen molar-refractivity contribution in [2.24, 2.45) is 0 Å². The minimum atomic E-state index is -1.01. The highest BCUT2D eigenvalue weighted by Gasteiger charge is 2.11. The van der Waals surface area contributed by atoms with Crippen LogP contribution in [-0.2, 0) is 6.54 Å². The quantitative estimate of drug-likeness (QED) is 0.805. The number of carboxylic acids is 1. The summed E-state index contributed by atoms with van der Waals surface area (Å²) >= 11 is 0. The molecule has 110 valence electrons. The molecular formula is C17H14N2O3. The number of nitrogens with zero attached hydrogens (tertiary/aromatic N) is 2. The van der Waals surface area contributed by atoms with Gasteiger partial charge in [-0.25, -0.2) is 9.78 Å². The number of hydrogen-bond donors (Lipinski definition) is 1. The van der Waals surface area contributed by atoms with Gasteiger partial charge in [-0.05, 0) is 30.7 Å². The molecule has 0 radical (unpaired) electrons. The maximum absolute atomic E-state index is 12.4. The molecule has 1 aromatic heterocycles. The first-order valence-electron chi connectivity index (χ1n) is 6.84. The van der Waals surface area contributed by atoms with Crippen molar-refractivity contribution in [3.05, 3.63) is 75.7 Å². The summed E-state index contributed by atoms with van der Waals surface area (Å²) in [5.74, 6) is -1.01. The molecule has 0 aliphatic heterocycles. The molecular weight excluding hydrogens is 280 g/mol. The molecule has 0 amide bonds. The number of carboxylic acid groups (broad SMARTS) is 1. The van der Waals surface area contributed by atoms with Crippen LogP contribution in [0.3, 0.4) is 0 Å². The van der Waals surface area contributed by atoms with Crippen LogP contribution in [0.5, 0.6) is 0 Å². The lowest BCUT2D eigenvalue weighted by atomic mass is 10.1. The van der Waals surface area contributed by atoms with Crippen molar-refractivity contribution >= 4 is 17.0 Å². The summed E-state index contributed by atoms with van der Waals surface area (Å²) in [5.41, 5.74) is 2.48. The molecule has 1 N–H and O–H groups in total. The summed E-state index contributed by atoms with van der Waals surface area (Å²) in [6.45, 7) is 2.06. The van der Waals surface area contributed by atoms with Gasteiger partial charge in [0.2, 0.25) is 0 Å². The maximum atomic E-state index is 12.4. The fraction of sp³-hybridized carbons (Fsp3) is 0.118. The minimum Gasteiger partial charge on any atom is -0.478 e. The Kier molecular flexibility index (Phi) is 3.47. The number of aromatic carboxylic acids is 1. The number of benzene rings is 2. The zero-order chi connectivity index (χ0) is 15.7. The van der Waals surface area contributed by atoms with Gasteiger partial charge in [0.05, 0.1) is 23.1 Å². The molecule has 0 saturated heterocycles. The van der Waals surface area contributed by atoms with E-state index in [1.807, 2.05) is 30.3 Å². The van der Waals surface area contributed by atoms with E-state index in [0.717, 1.165) is 5.56 Å². The van der Waals surface area contributed by atoms with Crippen LogP contribution in [0.1, 0.15) is 21.6 Å². The van der Waals surface area contributed by atoms with Crippen LogP contribution in [-0.4, -0.2) is 20.6 Å². The summed E-state index contributed by atoms with van der Waals surface area (Å²) < 4.78 is 1.62. The first-order valence-corrected chi connectivity index (χ1v) is 6.84. The first kappa shape index (κ1) is 14.0. The highest BCUT2D eigenvalue weighted by molar-refractivity contribution is 5.92. The second-order valence-corrected chi connectivity index (χ2v) is 5.08. The van der Waals surface area contributed by atoms with E-state index in [4.69, 9.17) is 5.11 Å². The smallest absolute Gasteiger partial charge is 0.335 e. The van der Waals surface area contributed by atoms with Gasteiger partial charge in [0, 0.05) is 0 Å². The van der Waals surface area contributed by atoms with Gasteiger partial charge in [0.25, 0.3) is 5.56 Å². The number of hydrogen-bond acceptors (Lipinski definition) is 3. The topological polar surface area (TPSA) is 72.2 Å². The molecule has 3 rings (SSSR count). The minimum absolute atomic E-state index is 0.157. The van der Waals surface area contributed by atoms with Gasteiger partial charge in [-0.1, -0.05) is 30.3 Å². The fourth-order valence-corrected chi connectivity index (χ4v) is 2.43. The van der Waals surface area contributed by atoms with Gasteiger partial charge in [-0.2, -0.15) is 0 Å². The monoisotopic (exact) mass is 294 g/mol. The van der Waals surface area contributed by atoms with E-state index in [2.05, 4.69) is 4.98 Å². The molecule has 0 atom stereocenters. The first-order chi connectivity index (χ1) is 10.6. The van der Waals surface area contributed by atoms with E-state index >= 15 is 0 Å². The van der Waals surface area contributed by atoms with Gasteiger partial charge in [0.1, 0.15) is 5.69 Å². The van der Waals surface area contributed by atoms with Crippen LogP contribution < -0.4 is 5.56 Å². The normalized spacial score (nSPS) is 10.8. The predicted octanol–water partition coefficient (Wildman–Crippen LogP) is 2.45. The van der Waals surface area contributed by atoms with Crippen molar-refractivity contribution in [3.8, 4) is 0 Å². The van der Waals surface area contributed by atoms with Crippen molar-refractivity contribution in [1.29, 1.82) is 0 Å². The lowest BCUT2D eigenvalue weighted by molar-refractivity contribution is 0.0697.